The van der Waals surface area contributed by atoms with Crippen LogP contribution in [0.25, 0.3) is 0 Å². The van der Waals surface area contributed by atoms with Crippen LogP contribution in [0, 0.1) is 16.7 Å². The molecule has 0 amide bonds. The second-order valence-electron chi connectivity index (χ2n) is 5.58. The first-order chi connectivity index (χ1) is 6.27. The van der Waals surface area contributed by atoms with Crippen LogP contribution in [0.5, 0.6) is 0 Å². The molecule has 2 rings (SSSR count). The lowest BCUT2D eigenvalue weighted by Crippen LogP contribution is -2.39. The molecule has 2 bridgehead atoms. The Labute approximate surface area is 86.1 Å². The summed E-state index contributed by atoms with van der Waals surface area (Å²) in [6, 6.07) is 0. The summed E-state index contributed by atoms with van der Waals surface area (Å²) < 4.78 is 22.5. The highest BCUT2D eigenvalue weighted by atomic mass is 32.2. The van der Waals surface area contributed by atoms with Gasteiger partial charge in [-0.15, -0.1) is 0 Å². The minimum atomic E-state index is -3.32. The number of nitrogens with two attached hydrogens (primary N) is 1. The van der Waals surface area contributed by atoms with Crippen molar-refractivity contribution in [3.05, 3.63) is 0 Å². The van der Waals surface area contributed by atoms with Gasteiger partial charge < -0.3 is 0 Å². The molecule has 2 N–H and O–H groups in total. The molecule has 2 saturated carbocycles. The summed E-state index contributed by atoms with van der Waals surface area (Å²) >= 11 is 0. The van der Waals surface area contributed by atoms with Gasteiger partial charge in [0, 0.05) is 0 Å². The van der Waals surface area contributed by atoms with Crippen molar-refractivity contribution in [2.45, 2.75) is 39.5 Å². The molecular formula is C10H19NO2S. The number of primary sulfonamides is 1. The summed E-state index contributed by atoms with van der Waals surface area (Å²) in [5.41, 5.74) is 0.144. The zero-order valence-electron chi connectivity index (χ0n) is 8.91. The van der Waals surface area contributed by atoms with Gasteiger partial charge in [-0.3, -0.25) is 0 Å². The molecule has 14 heavy (non-hydrogen) atoms. The van der Waals surface area contributed by atoms with Gasteiger partial charge >= 0.3 is 0 Å². The minimum absolute atomic E-state index is 0.0226. The molecule has 0 heterocycles. The van der Waals surface area contributed by atoms with Gasteiger partial charge in [0.1, 0.15) is 0 Å². The second kappa shape index (κ2) is 2.73. The monoisotopic (exact) mass is 217 g/mol. The van der Waals surface area contributed by atoms with Gasteiger partial charge in [-0.05, 0) is 42.4 Å². The van der Waals surface area contributed by atoms with E-state index in [4.69, 9.17) is 5.14 Å². The second-order valence-corrected chi connectivity index (χ2v) is 7.20. The number of sulfonamides is 1. The molecule has 2 aliphatic rings. The third-order valence-electron chi connectivity index (χ3n) is 4.81. The molecule has 0 aromatic heterocycles. The molecule has 0 aromatic rings. The maximum atomic E-state index is 11.2. The van der Waals surface area contributed by atoms with E-state index in [0.29, 0.717) is 5.92 Å². The predicted octanol–water partition coefficient (Wildman–Crippen LogP) is 1.49. The van der Waals surface area contributed by atoms with Gasteiger partial charge in [0.15, 0.2) is 0 Å². The molecule has 0 atom stereocenters. The molecule has 0 aromatic carbocycles. The lowest BCUT2D eigenvalue weighted by molar-refractivity contribution is 0.155. The van der Waals surface area contributed by atoms with Gasteiger partial charge in [-0.25, -0.2) is 13.6 Å². The van der Waals surface area contributed by atoms with Crippen molar-refractivity contribution in [2.24, 2.45) is 21.9 Å². The maximum absolute atomic E-state index is 11.2. The number of rotatable bonds is 2. The van der Waals surface area contributed by atoms with Crippen LogP contribution in [-0.4, -0.2) is 14.2 Å². The Hall–Kier alpha value is -0.0900. The van der Waals surface area contributed by atoms with Gasteiger partial charge in [-0.2, -0.15) is 0 Å². The van der Waals surface area contributed by atoms with Gasteiger partial charge in [0.2, 0.25) is 10.0 Å². The van der Waals surface area contributed by atoms with E-state index in [0.717, 1.165) is 12.8 Å². The van der Waals surface area contributed by atoms with E-state index in [1.807, 2.05) is 0 Å². The van der Waals surface area contributed by atoms with Crippen LogP contribution in [0.3, 0.4) is 0 Å². The average molecular weight is 217 g/mol. The Balaban J connectivity index is 2.32. The maximum Gasteiger partial charge on any atom is 0.209 e. The fraction of sp³-hybridized carbons (Fsp3) is 1.00. The Kier molecular flexibility index (Phi) is 2.03. The normalized spacial score (nSPS) is 40.4. The highest BCUT2D eigenvalue weighted by Crippen LogP contribution is 2.65. The first-order valence-corrected chi connectivity index (χ1v) is 6.99. The largest absolute Gasteiger partial charge is 0.229 e. The van der Waals surface area contributed by atoms with Crippen molar-refractivity contribution in [3.63, 3.8) is 0 Å². The highest BCUT2D eigenvalue weighted by molar-refractivity contribution is 7.89. The third-order valence-corrected chi connectivity index (χ3v) is 5.76. The van der Waals surface area contributed by atoms with E-state index in [9.17, 15) is 8.42 Å². The SMILES string of the molecule is CC1(C)C2CCC1(CS(N)(=O)=O)CC2. The summed E-state index contributed by atoms with van der Waals surface area (Å²) in [6.45, 7) is 4.42. The summed E-state index contributed by atoms with van der Waals surface area (Å²) in [7, 11) is -3.32. The van der Waals surface area contributed by atoms with Crippen LogP contribution >= 0.6 is 0 Å². The molecular weight excluding hydrogens is 198 g/mol. The van der Waals surface area contributed by atoms with Crippen molar-refractivity contribution in [1.82, 2.24) is 0 Å². The fourth-order valence-electron chi connectivity index (χ4n) is 3.68. The Bertz CT molecular complexity index is 337. The number of fused-ring (bicyclic) bond motifs is 2. The standard InChI is InChI=1S/C10H19NO2S/c1-9(2)8-3-5-10(9,6-4-8)7-14(11,12)13/h8H,3-7H2,1-2H3,(H2,11,12,13). The molecule has 2 aliphatic carbocycles. The van der Waals surface area contributed by atoms with Crippen molar-refractivity contribution >= 4 is 10.0 Å². The Morgan fingerprint density at radius 3 is 2.07 bits per heavy atom. The highest BCUT2D eigenvalue weighted by Gasteiger charge is 2.59. The van der Waals surface area contributed by atoms with Crippen LogP contribution < -0.4 is 5.14 Å². The van der Waals surface area contributed by atoms with Crippen LogP contribution in [0.2, 0.25) is 0 Å². The van der Waals surface area contributed by atoms with Crippen molar-refractivity contribution in [1.29, 1.82) is 0 Å². The molecule has 0 saturated heterocycles. The summed E-state index contributed by atoms with van der Waals surface area (Å²) in [5, 5.41) is 5.19. The summed E-state index contributed by atoms with van der Waals surface area (Å²) in [6.07, 6.45) is 4.45. The average Bonchev–Trinajstić information content (AvgIpc) is 2.34. The van der Waals surface area contributed by atoms with Crippen LogP contribution in [0.4, 0.5) is 0 Å². The first kappa shape index (κ1) is 10.4. The summed E-state index contributed by atoms with van der Waals surface area (Å²) in [5.74, 6) is 0.896. The molecule has 3 nitrogen and oxygen atoms in total. The van der Waals surface area contributed by atoms with Gasteiger partial charge in [-0.1, -0.05) is 13.8 Å². The van der Waals surface area contributed by atoms with E-state index in [1.165, 1.54) is 12.8 Å². The van der Waals surface area contributed by atoms with Crippen molar-refractivity contribution in [2.75, 3.05) is 5.75 Å². The Morgan fingerprint density at radius 1 is 1.29 bits per heavy atom. The van der Waals surface area contributed by atoms with Crippen LogP contribution in [0.1, 0.15) is 39.5 Å². The molecule has 4 heteroatoms. The minimum Gasteiger partial charge on any atom is -0.229 e. The predicted molar refractivity (Wildman–Crippen MR) is 56.1 cm³/mol. The molecule has 82 valence electrons. The van der Waals surface area contributed by atoms with Crippen molar-refractivity contribution in [3.8, 4) is 0 Å². The lowest BCUT2D eigenvalue weighted by Gasteiger charge is -2.37. The topological polar surface area (TPSA) is 60.2 Å². The zero-order chi connectivity index (χ0) is 10.6. The van der Waals surface area contributed by atoms with E-state index < -0.39 is 10.0 Å². The quantitative estimate of drug-likeness (QED) is 0.761. The van der Waals surface area contributed by atoms with Gasteiger partial charge in [0.05, 0.1) is 5.75 Å². The zero-order valence-corrected chi connectivity index (χ0v) is 9.73. The van der Waals surface area contributed by atoms with Crippen molar-refractivity contribution < 1.29 is 8.42 Å². The summed E-state index contributed by atoms with van der Waals surface area (Å²) in [4.78, 5) is 0. The van der Waals surface area contributed by atoms with Crippen LogP contribution in [0.15, 0.2) is 0 Å². The van der Waals surface area contributed by atoms with E-state index >= 15 is 0 Å². The molecule has 2 fully saturated rings. The first-order valence-electron chi connectivity index (χ1n) is 5.27. The van der Waals surface area contributed by atoms with E-state index in [1.54, 1.807) is 0 Å². The molecule has 0 unspecified atom stereocenters. The molecule has 0 spiro atoms. The third kappa shape index (κ3) is 1.31. The van der Waals surface area contributed by atoms with E-state index in [-0.39, 0.29) is 16.6 Å². The van der Waals surface area contributed by atoms with Gasteiger partial charge in [0.25, 0.3) is 0 Å². The van der Waals surface area contributed by atoms with E-state index in [2.05, 4.69) is 13.8 Å². The fourth-order valence-corrected chi connectivity index (χ4v) is 5.12. The lowest BCUT2D eigenvalue weighted by atomic mass is 9.71. The number of hydrogen-bond acceptors (Lipinski definition) is 2. The Morgan fingerprint density at radius 2 is 1.79 bits per heavy atom. The molecule has 0 radical (unpaired) electrons. The molecule has 0 aliphatic heterocycles. The number of hydrogen-bond donors (Lipinski definition) is 1. The van der Waals surface area contributed by atoms with Crippen LogP contribution in [-0.2, 0) is 10.0 Å². The smallest absolute Gasteiger partial charge is 0.209 e.